The monoisotopic (exact) mass is 628 g/mol. The zero-order chi connectivity index (χ0) is 26.3. The van der Waals surface area contributed by atoms with Crippen molar-refractivity contribution in [3.8, 4) is 45.3 Å². The van der Waals surface area contributed by atoms with E-state index in [0.717, 1.165) is 41.5 Å². The summed E-state index contributed by atoms with van der Waals surface area (Å²) in [5.74, 6) is 0.0763. The number of aromatic nitrogens is 2. The summed E-state index contributed by atoms with van der Waals surface area (Å²) in [4.78, 5) is 7.08. The number of phenols is 4. The van der Waals surface area contributed by atoms with Crippen LogP contribution in [0.5, 0.6) is 23.0 Å². The largest absolute Gasteiger partial charge is 0.508 e. The number of phenolic OH excluding ortho intramolecular Hbond substituents is 4. The van der Waals surface area contributed by atoms with Crippen LogP contribution in [0.1, 0.15) is 0 Å². The summed E-state index contributed by atoms with van der Waals surface area (Å²) >= 11 is 7.18. The molecule has 0 aliphatic rings. The average Bonchev–Trinajstić information content (AvgIpc) is 3.44. The second-order valence-electron chi connectivity index (χ2n) is 9.28. The fourth-order valence-electron chi connectivity index (χ4n) is 5.46. The van der Waals surface area contributed by atoms with E-state index in [0.29, 0.717) is 33.3 Å². The Hall–Kier alpha value is -4.14. The van der Waals surface area contributed by atoms with E-state index in [9.17, 15) is 20.4 Å². The van der Waals surface area contributed by atoms with Gasteiger partial charge in [0, 0.05) is 63.8 Å². The fourth-order valence-corrected chi connectivity index (χ4v) is 6.18. The SMILES string of the molecule is Oc1ccc(O)c(-c2c3[nH]c4ccc(Br)cc4c3c(-c3cc(O)ccc3O)c3[nH]c4ccc(Br)cc4c23)c1. The molecule has 0 radical (unpaired) electrons. The van der Waals surface area contributed by atoms with Crippen LogP contribution in [0.4, 0.5) is 0 Å². The topological polar surface area (TPSA) is 112 Å². The minimum atomic E-state index is 0.0162. The zero-order valence-corrected chi connectivity index (χ0v) is 22.6. The Balaban J connectivity index is 1.85. The molecule has 0 saturated heterocycles. The summed E-state index contributed by atoms with van der Waals surface area (Å²) in [5, 5.41) is 46.3. The Bertz CT molecular complexity index is 1960. The van der Waals surface area contributed by atoms with E-state index in [1.165, 1.54) is 24.3 Å². The van der Waals surface area contributed by atoms with Crippen LogP contribution in [0.15, 0.2) is 81.7 Å². The maximum absolute atomic E-state index is 11.0. The molecule has 38 heavy (non-hydrogen) atoms. The number of fused-ring (bicyclic) bond motifs is 6. The number of nitrogens with one attached hydrogen (secondary N) is 2. The lowest BCUT2D eigenvalue weighted by molar-refractivity contribution is 0.462. The molecule has 0 spiro atoms. The van der Waals surface area contributed by atoms with Gasteiger partial charge in [-0.3, -0.25) is 0 Å². The van der Waals surface area contributed by atoms with E-state index >= 15 is 0 Å². The molecule has 186 valence electrons. The van der Waals surface area contributed by atoms with Crippen LogP contribution in [-0.4, -0.2) is 30.4 Å². The van der Waals surface area contributed by atoms with Crippen LogP contribution in [-0.2, 0) is 0 Å². The van der Waals surface area contributed by atoms with Crippen molar-refractivity contribution in [1.82, 2.24) is 9.97 Å². The molecule has 2 heterocycles. The first-order valence-electron chi connectivity index (χ1n) is 11.7. The number of halogens is 2. The minimum absolute atomic E-state index is 0.0162. The zero-order valence-electron chi connectivity index (χ0n) is 19.5. The Morgan fingerprint density at radius 3 is 1.34 bits per heavy atom. The van der Waals surface area contributed by atoms with Gasteiger partial charge in [-0.25, -0.2) is 0 Å². The summed E-state index contributed by atoms with van der Waals surface area (Å²) in [5.41, 5.74) is 5.43. The summed E-state index contributed by atoms with van der Waals surface area (Å²) < 4.78 is 1.75. The Kier molecular flexibility index (Phi) is 4.95. The molecule has 0 aliphatic carbocycles. The van der Waals surface area contributed by atoms with Gasteiger partial charge < -0.3 is 30.4 Å². The predicted molar refractivity (Wildman–Crippen MR) is 158 cm³/mol. The van der Waals surface area contributed by atoms with E-state index in [1.54, 1.807) is 12.1 Å². The van der Waals surface area contributed by atoms with Crippen molar-refractivity contribution in [2.45, 2.75) is 0 Å². The molecule has 0 bridgehead atoms. The number of hydrogen-bond acceptors (Lipinski definition) is 4. The summed E-state index contributed by atoms with van der Waals surface area (Å²) in [6, 6.07) is 20.7. The molecule has 0 aliphatic heterocycles. The second-order valence-corrected chi connectivity index (χ2v) is 11.1. The maximum atomic E-state index is 11.0. The van der Waals surface area contributed by atoms with Gasteiger partial charge in [0.25, 0.3) is 0 Å². The predicted octanol–water partition coefficient (Wildman–Crippen LogP) is 8.64. The highest BCUT2D eigenvalue weighted by atomic mass is 79.9. The third-order valence-electron chi connectivity index (χ3n) is 7.02. The smallest absolute Gasteiger partial charge is 0.123 e. The third-order valence-corrected chi connectivity index (χ3v) is 8.01. The minimum Gasteiger partial charge on any atom is -0.508 e. The quantitative estimate of drug-likeness (QED) is 0.107. The summed E-state index contributed by atoms with van der Waals surface area (Å²) in [6.07, 6.45) is 0. The number of benzene rings is 5. The van der Waals surface area contributed by atoms with Gasteiger partial charge in [-0.15, -0.1) is 0 Å². The van der Waals surface area contributed by atoms with Crippen LogP contribution in [0.2, 0.25) is 0 Å². The highest BCUT2D eigenvalue weighted by Gasteiger charge is 2.26. The van der Waals surface area contributed by atoms with E-state index in [-0.39, 0.29) is 23.0 Å². The van der Waals surface area contributed by atoms with E-state index in [1.807, 2.05) is 36.4 Å². The lowest BCUT2D eigenvalue weighted by atomic mass is 9.89. The number of rotatable bonds is 2. The molecule has 6 nitrogen and oxygen atoms in total. The average molecular weight is 630 g/mol. The third kappa shape index (κ3) is 3.30. The van der Waals surface area contributed by atoms with Gasteiger partial charge in [-0.05, 0) is 72.8 Å². The van der Waals surface area contributed by atoms with E-state index in [2.05, 4.69) is 41.8 Å². The number of aromatic amines is 2. The van der Waals surface area contributed by atoms with Gasteiger partial charge in [-0.1, -0.05) is 31.9 Å². The van der Waals surface area contributed by atoms with Gasteiger partial charge >= 0.3 is 0 Å². The molecule has 7 rings (SSSR count). The lowest BCUT2D eigenvalue weighted by Crippen LogP contribution is -1.90. The van der Waals surface area contributed by atoms with E-state index < -0.39 is 0 Å². The van der Waals surface area contributed by atoms with Crippen molar-refractivity contribution in [3.63, 3.8) is 0 Å². The van der Waals surface area contributed by atoms with Gasteiger partial charge in [0.2, 0.25) is 0 Å². The van der Waals surface area contributed by atoms with Crippen LogP contribution < -0.4 is 0 Å². The molecule has 6 N–H and O–H groups in total. The van der Waals surface area contributed by atoms with Crippen molar-refractivity contribution in [2.24, 2.45) is 0 Å². The van der Waals surface area contributed by atoms with Gasteiger partial charge in [0.1, 0.15) is 23.0 Å². The van der Waals surface area contributed by atoms with Gasteiger partial charge in [-0.2, -0.15) is 0 Å². The molecular formula is C30H18Br2N2O4. The molecular weight excluding hydrogens is 612 g/mol. The molecule has 2 aromatic heterocycles. The summed E-state index contributed by atoms with van der Waals surface area (Å²) in [6.45, 7) is 0. The standard InChI is InChI=1S/C30H18Br2N2O4/c31-13-1-5-21-17(9-13)25-27(19-11-15(35)3-7-23(19)37)30-26(18-10-14(32)2-6-22(18)34-30)28(29(25)33-21)20-12-16(36)4-8-24(20)38/h1-12,33-38H. The fraction of sp³-hybridized carbons (Fsp3) is 0. The lowest BCUT2D eigenvalue weighted by Gasteiger charge is -2.15. The van der Waals surface area contributed by atoms with Crippen molar-refractivity contribution in [1.29, 1.82) is 0 Å². The molecule has 8 heteroatoms. The summed E-state index contributed by atoms with van der Waals surface area (Å²) in [7, 11) is 0. The first-order chi connectivity index (χ1) is 18.3. The number of hydrogen-bond donors (Lipinski definition) is 6. The van der Waals surface area contributed by atoms with Gasteiger partial charge in [0.05, 0.1) is 11.0 Å². The molecule has 0 saturated carbocycles. The number of H-pyrrole nitrogens is 2. The molecule has 0 unspecified atom stereocenters. The van der Waals surface area contributed by atoms with Crippen LogP contribution >= 0.6 is 31.9 Å². The normalized spacial score (nSPS) is 11.8. The van der Waals surface area contributed by atoms with E-state index in [4.69, 9.17) is 0 Å². The Morgan fingerprint density at radius 1 is 0.500 bits per heavy atom. The second kappa shape index (κ2) is 8.18. The first kappa shape index (κ1) is 23.0. The molecule has 0 amide bonds. The first-order valence-corrected chi connectivity index (χ1v) is 13.3. The molecule has 7 aromatic rings. The van der Waals surface area contributed by atoms with Gasteiger partial charge in [0.15, 0.2) is 0 Å². The van der Waals surface area contributed by atoms with Crippen LogP contribution in [0.3, 0.4) is 0 Å². The van der Waals surface area contributed by atoms with Crippen molar-refractivity contribution < 1.29 is 20.4 Å². The molecule has 0 atom stereocenters. The molecule has 5 aromatic carbocycles. The molecule has 0 fully saturated rings. The maximum Gasteiger partial charge on any atom is 0.123 e. The highest BCUT2D eigenvalue weighted by Crippen LogP contribution is 2.52. The van der Waals surface area contributed by atoms with Crippen molar-refractivity contribution >= 4 is 75.5 Å². The highest BCUT2D eigenvalue weighted by molar-refractivity contribution is 9.10. The van der Waals surface area contributed by atoms with Crippen molar-refractivity contribution in [3.05, 3.63) is 81.7 Å². The van der Waals surface area contributed by atoms with Crippen LogP contribution in [0, 0.1) is 0 Å². The van der Waals surface area contributed by atoms with Crippen LogP contribution in [0.25, 0.3) is 65.9 Å². The number of aromatic hydroxyl groups is 4. The van der Waals surface area contributed by atoms with Crippen molar-refractivity contribution in [2.75, 3.05) is 0 Å². The Morgan fingerprint density at radius 2 is 0.921 bits per heavy atom. The Labute approximate surface area is 232 Å².